The third-order valence-corrected chi connectivity index (χ3v) is 4.66. The predicted molar refractivity (Wildman–Crippen MR) is 89.0 cm³/mol. The molecule has 0 saturated carbocycles. The largest absolute Gasteiger partial charge is 0.304 e. The number of hydrogen-bond acceptors (Lipinski definition) is 2. The van der Waals surface area contributed by atoms with E-state index < -0.39 is 0 Å². The molecule has 1 atom stereocenters. The van der Waals surface area contributed by atoms with Crippen molar-refractivity contribution in [3.05, 3.63) is 71.8 Å². The zero-order valence-corrected chi connectivity index (χ0v) is 12.9. The van der Waals surface area contributed by atoms with E-state index in [0.717, 1.165) is 25.5 Å². The van der Waals surface area contributed by atoms with Crippen LogP contribution in [0.1, 0.15) is 29.4 Å². The Hall–Kier alpha value is -2.13. The molecular weight excluding hydrogens is 270 g/mol. The molecule has 1 fully saturated rings. The van der Waals surface area contributed by atoms with Crippen LogP contribution < -0.4 is 0 Å². The minimum absolute atomic E-state index is 0.551. The van der Waals surface area contributed by atoms with Crippen LogP contribution in [0.25, 0.3) is 5.52 Å². The van der Waals surface area contributed by atoms with Crippen LogP contribution in [-0.4, -0.2) is 27.4 Å². The molecule has 1 aromatic carbocycles. The third-order valence-electron chi connectivity index (χ3n) is 4.66. The fourth-order valence-electron chi connectivity index (χ4n) is 3.56. The molecule has 1 saturated heterocycles. The van der Waals surface area contributed by atoms with Crippen molar-refractivity contribution in [3.63, 3.8) is 0 Å². The van der Waals surface area contributed by atoms with Crippen LogP contribution in [0.3, 0.4) is 0 Å². The Morgan fingerprint density at radius 2 is 1.91 bits per heavy atom. The summed E-state index contributed by atoms with van der Waals surface area (Å²) in [4.78, 5) is 7.39. The first kappa shape index (κ1) is 13.5. The van der Waals surface area contributed by atoms with Gasteiger partial charge in [-0.2, -0.15) is 0 Å². The molecule has 3 aromatic rings. The molecule has 112 valence electrons. The van der Waals surface area contributed by atoms with Crippen LogP contribution in [0, 0.1) is 6.92 Å². The molecule has 0 bridgehead atoms. The first-order chi connectivity index (χ1) is 10.8. The molecule has 3 heterocycles. The van der Waals surface area contributed by atoms with Crippen LogP contribution >= 0.6 is 0 Å². The van der Waals surface area contributed by atoms with Crippen molar-refractivity contribution in [3.8, 4) is 0 Å². The van der Waals surface area contributed by atoms with Gasteiger partial charge in [0, 0.05) is 25.2 Å². The van der Waals surface area contributed by atoms with E-state index in [1.54, 1.807) is 0 Å². The summed E-state index contributed by atoms with van der Waals surface area (Å²) >= 11 is 0. The van der Waals surface area contributed by atoms with Gasteiger partial charge in [-0.1, -0.05) is 36.4 Å². The maximum Gasteiger partial charge on any atom is 0.110 e. The Labute approximate surface area is 131 Å². The molecule has 0 amide bonds. The van der Waals surface area contributed by atoms with Crippen molar-refractivity contribution in [2.75, 3.05) is 13.1 Å². The quantitative estimate of drug-likeness (QED) is 0.734. The summed E-state index contributed by atoms with van der Waals surface area (Å²) in [6.07, 6.45) is 3.31. The van der Waals surface area contributed by atoms with E-state index in [2.05, 4.69) is 71.0 Å². The molecule has 22 heavy (non-hydrogen) atoms. The molecule has 0 aliphatic carbocycles. The lowest BCUT2D eigenvalue weighted by atomic mass is 10.0. The molecule has 1 aliphatic heterocycles. The third kappa shape index (κ3) is 2.42. The number of benzene rings is 1. The number of nitrogens with zero attached hydrogens (tertiary/aromatic N) is 3. The highest BCUT2D eigenvalue weighted by atomic mass is 15.2. The summed E-state index contributed by atoms with van der Waals surface area (Å²) in [5.74, 6) is 1.64. The highest BCUT2D eigenvalue weighted by Crippen LogP contribution is 2.30. The lowest BCUT2D eigenvalue weighted by Crippen LogP contribution is -2.19. The van der Waals surface area contributed by atoms with Gasteiger partial charge in [-0.3, -0.25) is 4.90 Å². The molecule has 4 rings (SSSR count). The van der Waals surface area contributed by atoms with Crippen molar-refractivity contribution in [1.82, 2.24) is 14.3 Å². The second kappa shape index (κ2) is 5.58. The van der Waals surface area contributed by atoms with Gasteiger partial charge in [0.25, 0.3) is 0 Å². The molecule has 3 heteroatoms. The summed E-state index contributed by atoms with van der Waals surface area (Å²) in [5, 5.41) is 0. The van der Waals surface area contributed by atoms with Crippen LogP contribution in [0.4, 0.5) is 0 Å². The Kier molecular flexibility index (Phi) is 3.43. The molecule has 0 radical (unpaired) electrons. The van der Waals surface area contributed by atoms with Crippen molar-refractivity contribution in [2.45, 2.75) is 25.8 Å². The summed E-state index contributed by atoms with van der Waals surface area (Å²) in [6.45, 7) is 5.40. The number of pyridine rings is 1. The highest BCUT2D eigenvalue weighted by Gasteiger charge is 2.27. The molecule has 0 unspecified atom stereocenters. The first-order valence-electron chi connectivity index (χ1n) is 8.01. The smallest absolute Gasteiger partial charge is 0.110 e. The number of rotatable bonds is 3. The van der Waals surface area contributed by atoms with E-state index in [4.69, 9.17) is 4.98 Å². The number of imidazole rings is 1. The number of likely N-dealkylation sites (tertiary alicyclic amines) is 1. The van der Waals surface area contributed by atoms with E-state index >= 15 is 0 Å². The normalized spacial score (nSPS) is 19.0. The Balaban J connectivity index is 1.55. The fraction of sp³-hybridized carbons (Fsp3) is 0.316. The van der Waals surface area contributed by atoms with Crippen LogP contribution in [-0.2, 0) is 6.54 Å². The number of hydrogen-bond donors (Lipinski definition) is 0. The van der Waals surface area contributed by atoms with Gasteiger partial charge in [0.15, 0.2) is 0 Å². The topological polar surface area (TPSA) is 20.5 Å². The zero-order chi connectivity index (χ0) is 14.9. The van der Waals surface area contributed by atoms with Gasteiger partial charge in [0.2, 0.25) is 0 Å². The molecule has 2 aromatic heterocycles. The molecular formula is C19H21N3. The van der Waals surface area contributed by atoms with E-state index in [-0.39, 0.29) is 0 Å². The van der Waals surface area contributed by atoms with Gasteiger partial charge in [-0.15, -0.1) is 0 Å². The summed E-state index contributed by atoms with van der Waals surface area (Å²) in [6, 6.07) is 17.1. The van der Waals surface area contributed by atoms with Crippen molar-refractivity contribution >= 4 is 5.52 Å². The van der Waals surface area contributed by atoms with Gasteiger partial charge in [0.05, 0.1) is 11.2 Å². The summed E-state index contributed by atoms with van der Waals surface area (Å²) in [5.41, 5.74) is 3.94. The van der Waals surface area contributed by atoms with Gasteiger partial charge >= 0.3 is 0 Å². The Bertz CT molecular complexity index is 776. The summed E-state index contributed by atoms with van der Waals surface area (Å²) < 4.78 is 2.20. The minimum Gasteiger partial charge on any atom is -0.304 e. The van der Waals surface area contributed by atoms with E-state index in [0.29, 0.717) is 5.92 Å². The van der Waals surface area contributed by atoms with E-state index in [1.165, 1.54) is 23.2 Å². The highest BCUT2D eigenvalue weighted by molar-refractivity contribution is 5.55. The van der Waals surface area contributed by atoms with Crippen molar-refractivity contribution in [2.24, 2.45) is 0 Å². The lowest BCUT2D eigenvalue weighted by molar-refractivity contribution is 0.326. The van der Waals surface area contributed by atoms with Crippen LogP contribution in [0.2, 0.25) is 0 Å². The molecule has 0 N–H and O–H groups in total. The average Bonchev–Trinajstić information content (AvgIpc) is 3.14. The Morgan fingerprint density at radius 3 is 2.77 bits per heavy atom. The fourth-order valence-corrected chi connectivity index (χ4v) is 3.56. The standard InChI is InChI=1S/C19H21N3/c1-15-20-19(18-9-5-6-11-22(15)18)17-10-12-21(14-17)13-16-7-3-2-4-8-16/h2-9,11,17H,10,12-14H2,1H3/t17-/m1/s1. The zero-order valence-electron chi connectivity index (χ0n) is 12.9. The number of aromatic nitrogens is 2. The summed E-state index contributed by atoms with van der Waals surface area (Å²) in [7, 11) is 0. The van der Waals surface area contributed by atoms with Crippen molar-refractivity contribution in [1.29, 1.82) is 0 Å². The van der Waals surface area contributed by atoms with Gasteiger partial charge in [-0.25, -0.2) is 4.98 Å². The molecule has 3 nitrogen and oxygen atoms in total. The van der Waals surface area contributed by atoms with Crippen molar-refractivity contribution < 1.29 is 0 Å². The second-order valence-corrected chi connectivity index (χ2v) is 6.21. The maximum atomic E-state index is 4.85. The van der Waals surface area contributed by atoms with Crippen LogP contribution in [0.15, 0.2) is 54.7 Å². The monoisotopic (exact) mass is 291 g/mol. The minimum atomic E-state index is 0.551. The van der Waals surface area contributed by atoms with Gasteiger partial charge in [-0.05, 0) is 37.6 Å². The SMILES string of the molecule is Cc1nc([C@@H]2CCN(Cc3ccccc3)C2)c2ccccn12. The van der Waals surface area contributed by atoms with Crippen LogP contribution in [0.5, 0.6) is 0 Å². The molecule has 0 spiro atoms. The second-order valence-electron chi connectivity index (χ2n) is 6.21. The van der Waals surface area contributed by atoms with Gasteiger partial charge < -0.3 is 4.40 Å². The lowest BCUT2D eigenvalue weighted by Gasteiger charge is -2.15. The van der Waals surface area contributed by atoms with Gasteiger partial charge in [0.1, 0.15) is 5.82 Å². The number of fused-ring (bicyclic) bond motifs is 1. The van der Waals surface area contributed by atoms with E-state index in [9.17, 15) is 0 Å². The average molecular weight is 291 g/mol. The predicted octanol–water partition coefficient (Wildman–Crippen LogP) is 3.63. The number of aryl methyl sites for hydroxylation is 1. The maximum absolute atomic E-state index is 4.85. The molecule has 1 aliphatic rings. The first-order valence-corrected chi connectivity index (χ1v) is 8.01. The Morgan fingerprint density at radius 1 is 1.09 bits per heavy atom. The van der Waals surface area contributed by atoms with E-state index in [1.807, 2.05) is 0 Å².